The summed E-state index contributed by atoms with van der Waals surface area (Å²) in [6.45, 7) is 2.65. The molecular formula is C15H17NO2. The van der Waals surface area contributed by atoms with Gasteiger partial charge in [-0.3, -0.25) is 4.57 Å². The highest BCUT2D eigenvalue weighted by molar-refractivity contribution is 5.49. The number of aromatic hydroxyl groups is 2. The third kappa shape index (κ3) is 1.67. The van der Waals surface area contributed by atoms with E-state index in [9.17, 15) is 10.2 Å². The Labute approximate surface area is 106 Å². The van der Waals surface area contributed by atoms with Gasteiger partial charge in [-0.25, -0.2) is 0 Å². The summed E-state index contributed by atoms with van der Waals surface area (Å²) in [6.07, 6.45) is 1.72. The highest BCUT2D eigenvalue weighted by Crippen LogP contribution is 2.41. The van der Waals surface area contributed by atoms with E-state index < -0.39 is 0 Å². The van der Waals surface area contributed by atoms with Gasteiger partial charge < -0.3 is 10.2 Å². The summed E-state index contributed by atoms with van der Waals surface area (Å²) < 4.78 is 1.60. The van der Waals surface area contributed by atoms with Crippen LogP contribution < -0.4 is 0 Å². The summed E-state index contributed by atoms with van der Waals surface area (Å²) in [6, 6.07) is 9.87. The molecule has 18 heavy (non-hydrogen) atoms. The molecule has 94 valence electrons. The lowest BCUT2D eigenvalue weighted by atomic mass is 10.1. The number of benzene rings is 1. The third-order valence-electron chi connectivity index (χ3n) is 3.70. The van der Waals surface area contributed by atoms with Gasteiger partial charge in [-0.2, -0.15) is 0 Å². The Morgan fingerprint density at radius 3 is 2.17 bits per heavy atom. The van der Waals surface area contributed by atoms with Crippen LogP contribution in [0.15, 0.2) is 30.3 Å². The van der Waals surface area contributed by atoms with Crippen LogP contribution in [0.4, 0.5) is 0 Å². The van der Waals surface area contributed by atoms with E-state index in [4.69, 9.17) is 0 Å². The van der Waals surface area contributed by atoms with Crippen LogP contribution in [0.3, 0.4) is 0 Å². The Bertz CT molecular complexity index is 542. The summed E-state index contributed by atoms with van der Waals surface area (Å²) in [5, 5.41) is 20.4. The second-order valence-electron chi connectivity index (χ2n) is 5.19. The summed E-state index contributed by atoms with van der Waals surface area (Å²) >= 11 is 0. The Balaban J connectivity index is 1.98. The van der Waals surface area contributed by atoms with Crippen LogP contribution in [-0.2, 0) is 19.4 Å². The molecule has 0 fully saturated rings. The van der Waals surface area contributed by atoms with Crippen molar-refractivity contribution in [3.8, 4) is 11.8 Å². The molecule has 0 amide bonds. The maximum Gasteiger partial charge on any atom is 0.197 e. The molecule has 0 saturated carbocycles. The highest BCUT2D eigenvalue weighted by Gasteiger charge is 2.29. The zero-order valence-corrected chi connectivity index (χ0v) is 10.4. The fraction of sp³-hybridized carbons (Fsp3) is 0.333. The van der Waals surface area contributed by atoms with Crippen LogP contribution >= 0.6 is 0 Å². The molecule has 0 atom stereocenters. The molecule has 0 bridgehead atoms. The van der Waals surface area contributed by atoms with Crippen LogP contribution in [0.2, 0.25) is 0 Å². The average molecular weight is 243 g/mol. The molecule has 3 rings (SSSR count). The van der Waals surface area contributed by atoms with Crippen molar-refractivity contribution in [2.75, 3.05) is 0 Å². The van der Waals surface area contributed by atoms with Crippen molar-refractivity contribution in [3.63, 3.8) is 0 Å². The molecule has 2 aromatic rings. The van der Waals surface area contributed by atoms with E-state index in [1.807, 2.05) is 30.3 Å². The molecule has 0 radical (unpaired) electrons. The van der Waals surface area contributed by atoms with Crippen molar-refractivity contribution in [3.05, 3.63) is 47.0 Å². The van der Waals surface area contributed by atoms with Gasteiger partial charge in [0.05, 0.1) is 6.54 Å². The molecular weight excluding hydrogens is 226 g/mol. The van der Waals surface area contributed by atoms with E-state index in [1.54, 1.807) is 4.57 Å². The first-order valence-corrected chi connectivity index (χ1v) is 6.33. The average Bonchev–Trinajstić information content (AvgIpc) is 2.85. The number of fused-ring (bicyclic) bond motifs is 1. The van der Waals surface area contributed by atoms with Gasteiger partial charge in [0.1, 0.15) is 0 Å². The van der Waals surface area contributed by atoms with Crippen LogP contribution in [0.1, 0.15) is 23.6 Å². The molecule has 1 aliphatic carbocycles. The summed E-state index contributed by atoms with van der Waals surface area (Å²) in [7, 11) is 0. The Hall–Kier alpha value is -1.90. The van der Waals surface area contributed by atoms with Crippen LogP contribution in [0.5, 0.6) is 11.8 Å². The largest absolute Gasteiger partial charge is 0.494 e. The number of nitrogens with zero attached hydrogens (tertiary/aromatic N) is 1. The summed E-state index contributed by atoms with van der Waals surface area (Å²) in [5.74, 6) is 0.976. The predicted molar refractivity (Wildman–Crippen MR) is 69.9 cm³/mol. The maximum absolute atomic E-state index is 10.2. The molecule has 0 saturated heterocycles. The zero-order valence-electron chi connectivity index (χ0n) is 10.4. The Kier molecular flexibility index (Phi) is 2.54. The molecule has 1 aromatic heterocycles. The van der Waals surface area contributed by atoms with Gasteiger partial charge >= 0.3 is 0 Å². The van der Waals surface area contributed by atoms with Gasteiger partial charge in [0.15, 0.2) is 11.8 Å². The fourth-order valence-corrected chi connectivity index (χ4v) is 2.81. The van der Waals surface area contributed by atoms with E-state index in [1.165, 1.54) is 0 Å². The molecule has 1 aliphatic rings. The first-order chi connectivity index (χ1) is 8.66. The van der Waals surface area contributed by atoms with Crippen LogP contribution in [0, 0.1) is 5.92 Å². The second kappa shape index (κ2) is 4.09. The second-order valence-corrected chi connectivity index (χ2v) is 5.19. The lowest BCUT2D eigenvalue weighted by Crippen LogP contribution is -2.01. The number of hydrogen-bond acceptors (Lipinski definition) is 2. The first-order valence-electron chi connectivity index (χ1n) is 6.33. The van der Waals surface area contributed by atoms with Gasteiger partial charge in [0, 0.05) is 11.1 Å². The summed E-state index contributed by atoms with van der Waals surface area (Å²) in [4.78, 5) is 0. The lowest BCUT2D eigenvalue weighted by molar-refractivity contribution is 0.368. The minimum atomic E-state index is 0.232. The molecule has 0 aliphatic heterocycles. The quantitative estimate of drug-likeness (QED) is 0.851. The molecule has 0 spiro atoms. The van der Waals surface area contributed by atoms with Crippen molar-refractivity contribution in [1.82, 2.24) is 4.57 Å². The van der Waals surface area contributed by atoms with Crippen molar-refractivity contribution in [2.24, 2.45) is 5.92 Å². The van der Waals surface area contributed by atoms with E-state index in [-0.39, 0.29) is 11.8 Å². The molecule has 1 aromatic carbocycles. The minimum absolute atomic E-state index is 0.232. The van der Waals surface area contributed by atoms with Gasteiger partial charge in [0.25, 0.3) is 0 Å². The SMILES string of the molecule is CC1Cc2c(c(O)n(Cc3ccccc3)c2O)C1. The van der Waals surface area contributed by atoms with Crippen molar-refractivity contribution in [1.29, 1.82) is 0 Å². The van der Waals surface area contributed by atoms with E-state index in [0.717, 1.165) is 29.5 Å². The van der Waals surface area contributed by atoms with Gasteiger partial charge in [-0.1, -0.05) is 37.3 Å². The van der Waals surface area contributed by atoms with Gasteiger partial charge in [-0.05, 0) is 24.3 Å². The van der Waals surface area contributed by atoms with E-state index in [0.29, 0.717) is 12.5 Å². The van der Waals surface area contributed by atoms with Crippen molar-refractivity contribution >= 4 is 0 Å². The molecule has 3 heteroatoms. The molecule has 0 unspecified atom stereocenters. The highest BCUT2D eigenvalue weighted by atomic mass is 16.3. The fourth-order valence-electron chi connectivity index (χ4n) is 2.81. The van der Waals surface area contributed by atoms with Crippen molar-refractivity contribution < 1.29 is 10.2 Å². The van der Waals surface area contributed by atoms with Crippen LogP contribution in [0.25, 0.3) is 0 Å². The topological polar surface area (TPSA) is 45.4 Å². The third-order valence-corrected chi connectivity index (χ3v) is 3.70. The molecule has 1 heterocycles. The van der Waals surface area contributed by atoms with Gasteiger partial charge in [-0.15, -0.1) is 0 Å². The molecule has 3 nitrogen and oxygen atoms in total. The zero-order chi connectivity index (χ0) is 12.7. The van der Waals surface area contributed by atoms with E-state index in [2.05, 4.69) is 6.92 Å². The number of rotatable bonds is 2. The summed E-state index contributed by atoms with van der Waals surface area (Å²) in [5.41, 5.74) is 2.93. The lowest BCUT2D eigenvalue weighted by Gasteiger charge is -2.09. The number of aromatic nitrogens is 1. The monoisotopic (exact) mass is 243 g/mol. The first kappa shape index (κ1) is 11.2. The molecule has 2 N–H and O–H groups in total. The standard InChI is InChI=1S/C15H17NO2/c1-10-7-12-13(8-10)15(18)16(14(12)17)9-11-5-3-2-4-6-11/h2-6,10,17-18H,7-9H2,1H3. The number of hydrogen-bond donors (Lipinski definition) is 2. The normalized spacial score (nSPS) is 14.9. The van der Waals surface area contributed by atoms with Crippen molar-refractivity contribution in [2.45, 2.75) is 26.3 Å². The predicted octanol–water partition coefficient (Wildman–Crippen LogP) is 2.68. The Morgan fingerprint density at radius 1 is 1.06 bits per heavy atom. The maximum atomic E-state index is 10.2. The van der Waals surface area contributed by atoms with Crippen LogP contribution in [-0.4, -0.2) is 14.8 Å². The van der Waals surface area contributed by atoms with Gasteiger partial charge in [0.2, 0.25) is 0 Å². The van der Waals surface area contributed by atoms with E-state index >= 15 is 0 Å². The minimum Gasteiger partial charge on any atom is -0.494 e. The smallest absolute Gasteiger partial charge is 0.197 e. The Morgan fingerprint density at radius 2 is 1.61 bits per heavy atom.